The summed E-state index contributed by atoms with van der Waals surface area (Å²) in [7, 11) is 0. The van der Waals surface area contributed by atoms with E-state index < -0.39 is 27.9 Å². The van der Waals surface area contributed by atoms with Crippen molar-refractivity contribution in [2.45, 2.75) is 0 Å². The Balaban J connectivity index is 2.22. The Morgan fingerprint density at radius 2 is 2.05 bits per heavy atom. The van der Waals surface area contributed by atoms with Crippen LogP contribution < -0.4 is 10.9 Å². The molecule has 2 aromatic rings. The number of hydrogen-bond donors (Lipinski definition) is 2. The van der Waals surface area contributed by atoms with Gasteiger partial charge < -0.3 is 10.3 Å². The summed E-state index contributed by atoms with van der Waals surface area (Å²) in [5.74, 6) is -1.68. The first-order valence-corrected chi connectivity index (χ1v) is 5.41. The number of nitro benzene ring substituents is 1. The summed E-state index contributed by atoms with van der Waals surface area (Å²) in [4.78, 5) is 34.8. The van der Waals surface area contributed by atoms with E-state index >= 15 is 0 Å². The molecule has 0 aliphatic heterocycles. The Morgan fingerprint density at radius 3 is 2.65 bits per heavy atom. The highest BCUT2D eigenvalue weighted by atomic mass is 19.1. The SMILES string of the molecule is O=C(Nc1ccc([N+](=O)[O-])c(F)c1)c1cc[nH]c(=O)c1. The van der Waals surface area contributed by atoms with Crippen molar-refractivity contribution in [1.29, 1.82) is 0 Å². The lowest BCUT2D eigenvalue weighted by Gasteiger charge is -2.05. The average Bonchev–Trinajstić information content (AvgIpc) is 2.38. The molecule has 0 aliphatic carbocycles. The van der Waals surface area contributed by atoms with E-state index in [4.69, 9.17) is 0 Å². The van der Waals surface area contributed by atoms with Crippen molar-refractivity contribution in [1.82, 2.24) is 4.98 Å². The van der Waals surface area contributed by atoms with Crippen LogP contribution in [0, 0.1) is 15.9 Å². The van der Waals surface area contributed by atoms with Gasteiger partial charge in [0.1, 0.15) is 0 Å². The minimum atomic E-state index is -1.06. The van der Waals surface area contributed by atoms with Crippen molar-refractivity contribution in [2.24, 2.45) is 0 Å². The number of aromatic amines is 1. The molecule has 2 N–H and O–H groups in total. The number of carbonyl (C=O) groups is 1. The molecule has 1 amide bonds. The number of nitrogens with zero attached hydrogens (tertiary/aromatic N) is 1. The maximum absolute atomic E-state index is 13.4. The zero-order valence-electron chi connectivity index (χ0n) is 9.92. The fourth-order valence-electron chi connectivity index (χ4n) is 1.52. The molecule has 0 bridgehead atoms. The molecular formula is C12H8FN3O4. The number of benzene rings is 1. The molecule has 1 heterocycles. The van der Waals surface area contributed by atoms with Crippen molar-refractivity contribution < 1.29 is 14.1 Å². The molecule has 0 spiro atoms. The Morgan fingerprint density at radius 1 is 1.30 bits per heavy atom. The smallest absolute Gasteiger partial charge is 0.304 e. The standard InChI is InChI=1S/C12H8FN3O4/c13-9-6-8(1-2-10(9)16(19)20)15-12(18)7-3-4-14-11(17)5-7/h1-6H,(H,14,17)(H,15,18). The predicted octanol–water partition coefficient (Wildman–Crippen LogP) is 1.67. The first-order valence-electron chi connectivity index (χ1n) is 5.41. The molecule has 0 saturated heterocycles. The molecule has 2 rings (SSSR count). The summed E-state index contributed by atoms with van der Waals surface area (Å²) >= 11 is 0. The molecule has 8 heteroatoms. The summed E-state index contributed by atoms with van der Waals surface area (Å²) < 4.78 is 13.4. The fraction of sp³-hybridized carbons (Fsp3) is 0. The van der Waals surface area contributed by atoms with Gasteiger partial charge >= 0.3 is 5.69 Å². The molecule has 0 fully saturated rings. The van der Waals surface area contributed by atoms with Crippen molar-refractivity contribution in [3.63, 3.8) is 0 Å². The van der Waals surface area contributed by atoms with E-state index in [-0.39, 0.29) is 11.3 Å². The van der Waals surface area contributed by atoms with Gasteiger partial charge in [0.15, 0.2) is 0 Å². The molecule has 20 heavy (non-hydrogen) atoms. The van der Waals surface area contributed by atoms with Crippen molar-refractivity contribution >= 4 is 17.3 Å². The largest absolute Gasteiger partial charge is 0.329 e. The lowest BCUT2D eigenvalue weighted by Crippen LogP contribution is -2.15. The van der Waals surface area contributed by atoms with Gasteiger partial charge in [0.2, 0.25) is 11.4 Å². The van der Waals surface area contributed by atoms with Gasteiger partial charge in [0, 0.05) is 35.6 Å². The van der Waals surface area contributed by atoms with Crippen LogP contribution >= 0.6 is 0 Å². The lowest BCUT2D eigenvalue weighted by atomic mass is 10.2. The van der Waals surface area contributed by atoms with E-state index in [1.54, 1.807) is 0 Å². The first kappa shape index (κ1) is 13.4. The van der Waals surface area contributed by atoms with Crippen LogP contribution in [0.5, 0.6) is 0 Å². The molecule has 1 aromatic heterocycles. The highest BCUT2D eigenvalue weighted by Crippen LogP contribution is 2.21. The number of hydrogen-bond acceptors (Lipinski definition) is 4. The number of amides is 1. The zero-order valence-corrected chi connectivity index (χ0v) is 9.92. The van der Waals surface area contributed by atoms with Crippen molar-refractivity contribution in [2.75, 3.05) is 5.32 Å². The van der Waals surface area contributed by atoms with Crippen LogP contribution in [0.4, 0.5) is 15.8 Å². The van der Waals surface area contributed by atoms with Crippen LogP contribution in [-0.2, 0) is 0 Å². The Labute approximate surface area is 111 Å². The van der Waals surface area contributed by atoms with Gasteiger partial charge in [0.25, 0.3) is 5.91 Å². The second-order valence-corrected chi connectivity index (χ2v) is 3.82. The third-order valence-electron chi connectivity index (χ3n) is 2.44. The number of pyridine rings is 1. The van der Waals surface area contributed by atoms with Gasteiger partial charge in [0.05, 0.1) is 4.92 Å². The topological polar surface area (TPSA) is 105 Å². The molecule has 0 radical (unpaired) electrons. The van der Waals surface area contributed by atoms with Gasteiger partial charge in [-0.15, -0.1) is 0 Å². The molecule has 1 aromatic carbocycles. The zero-order chi connectivity index (χ0) is 14.7. The van der Waals surface area contributed by atoms with Crippen LogP contribution in [0.1, 0.15) is 10.4 Å². The molecule has 7 nitrogen and oxygen atoms in total. The van der Waals surface area contributed by atoms with E-state index in [9.17, 15) is 24.1 Å². The van der Waals surface area contributed by atoms with Gasteiger partial charge in [-0.25, -0.2) is 0 Å². The molecule has 0 unspecified atom stereocenters. The molecule has 0 saturated carbocycles. The van der Waals surface area contributed by atoms with Crippen LogP contribution in [0.2, 0.25) is 0 Å². The van der Waals surface area contributed by atoms with E-state index in [1.807, 2.05) is 0 Å². The number of nitro groups is 1. The van der Waals surface area contributed by atoms with Gasteiger partial charge in [-0.1, -0.05) is 0 Å². The minimum Gasteiger partial charge on any atom is -0.329 e. The summed E-state index contributed by atoms with van der Waals surface area (Å²) in [5.41, 5.74) is -0.988. The van der Waals surface area contributed by atoms with Crippen LogP contribution in [0.25, 0.3) is 0 Å². The second-order valence-electron chi connectivity index (χ2n) is 3.82. The summed E-state index contributed by atoms with van der Waals surface area (Å²) in [6.45, 7) is 0. The number of aromatic nitrogens is 1. The number of H-pyrrole nitrogens is 1. The normalized spacial score (nSPS) is 10.1. The molecular weight excluding hydrogens is 269 g/mol. The third kappa shape index (κ3) is 2.86. The Hall–Kier alpha value is -3.03. The van der Waals surface area contributed by atoms with Gasteiger partial charge in [-0.3, -0.25) is 19.7 Å². The lowest BCUT2D eigenvalue weighted by molar-refractivity contribution is -0.387. The summed E-state index contributed by atoms with van der Waals surface area (Å²) in [5, 5.41) is 12.8. The van der Waals surface area contributed by atoms with E-state index in [0.29, 0.717) is 0 Å². The second kappa shape index (κ2) is 5.31. The summed E-state index contributed by atoms with van der Waals surface area (Å²) in [6.07, 6.45) is 1.30. The minimum absolute atomic E-state index is 0.0541. The highest BCUT2D eigenvalue weighted by Gasteiger charge is 2.15. The maximum Gasteiger partial charge on any atom is 0.304 e. The Kier molecular flexibility index (Phi) is 3.56. The van der Waals surface area contributed by atoms with Gasteiger partial charge in [-0.05, 0) is 12.1 Å². The van der Waals surface area contributed by atoms with Gasteiger partial charge in [-0.2, -0.15) is 4.39 Å². The van der Waals surface area contributed by atoms with Crippen LogP contribution in [0.3, 0.4) is 0 Å². The molecule has 102 valence electrons. The predicted molar refractivity (Wildman–Crippen MR) is 68.1 cm³/mol. The van der Waals surface area contributed by atoms with Crippen LogP contribution in [-0.4, -0.2) is 15.8 Å². The Bertz CT molecular complexity index is 741. The van der Waals surface area contributed by atoms with Crippen molar-refractivity contribution in [3.8, 4) is 0 Å². The first-order chi connectivity index (χ1) is 9.47. The number of rotatable bonds is 3. The summed E-state index contributed by atoms with van der Waals surface area (Å²) in [6, 6.07) is 5.44. The van der Waals surface area contributed by atoms with E-state index in [1.165, 1.54) is 18.3 Å². The third-order valence-corrected chi connectivity index (χ3v) is 2.44. The fourth-order valence-corrected chi connectivity index (χ4v) is 1.52. The van der Waals surface area contributed by atoms with E-state index in [0.717, 1.165) is 18.2 Å². The number of nitrogens with one attached hydrogen (secondary N) is 2. The number of anilines is 1. The number of carbonyl (C=O) groups excluding carboxylic acids is 1. The molecule has 0 atom stereocenters. The monoisotopic (exact) mass is 277 g/mol. The number of halogens is 1. The van der Waals surface area contributed by atoms with E-state index in [2.05, 4.69) is 10.3 Å². The maximum atomic E-state index is 13.4. The highest BCUT2D eigenvalue weighted by molar-refractivity contribution is 6.04. The van der Waals surface area contributed by atoms with Crippen molar-refractivity contribution in [3.05, 3.63) is 68.4 Å². The molecule has 0 aliphatic rings. The average molecular weight is 277 g/mol. The van der Waals surface area contributed by atoms with Crippen LogP contribution in [0.15, 0.2) is 41.3 Å². The quantitative estimate of drug-likeness (QED) is 0.657.